The first-order chi connectivity index (χ1) is 10.7. The average Bonchev–Trinajstić information content (AvgIpc) is 2.57. The number of benzene rings is 1. The van der Waals surface area contributed by atoms with Crippen LogP contribution in [0.1, 0.15) is 25.3 Å². The van der Waals surface area contributed by atoms with Gasteiger partial charge in [0, 0.05) is 13.7 Å². The fourth-order valence-corrected chi connectivity index (χ4v) is 2.83. The minimum Gasteiger partial charge on any atom is -0.494 e. The summed E-state index contributed by atoms with van der Waals surface area (Å²) in [6.45, 7) is 4.82. The minimum atomic E-state index is -0.676. The predicted octanol–water partition coefficient (Wildman–Crippen LogP) is 1.51. The third kappa shape index (κ3) is 3.99. The van der Waals surface area contributed by atoms with Crippen molar-refractivity contribution in [1.82, 2.24) is 10.6 Å². The second-order valence-corrected chi connectivity index (χ2v) is 5.50. The summed E-state index contributed by atoms with van der Waals surface area (Å²) in [5.41, 5.74) is 0.437. The van der Waals surface area contributed by atoms with Crippen LogP contribution in [0.2, 0.25) is 0 Å². The van der Waals surface area contributed by atoms with Gasteiger partial charge in [0.05, 0.1) is 6.61 Å². The Labute approximate surface area is 132 Å². The SMILES string of the molecule is CCOc1ccccc1CCNC(=O)C1(OC)CCNCC1. The summed E-state index contributed by atoms with van der Waals surface area (Å²) < 4.78 is 11.1. The molecular formula is C17H26N2O3. The Morgan fingerprint density at radius 3 is 2.73 bits per heavy atom. The smallest absolute Gasteiger partial charge is 0.252 e. The number of carbonyl (C=O) groups is 1. The van der Waals surface area contributed by atoms with Gasteiger partial charge in [-0.1, -0.05) is 18.2 Å². The molecule has 0 atom stereocenters. The average molecular weight is 306 g/mol. The van der Waals surface area contributed by atoms with Crippen molar-refractivity contribution in [2.24, 2.45) is 0 Å². The maximum absolute atomic E-state index is 12.5. The first-order valence-corrected chi connectivity index (χ1v) is 7.97. The third-order valence-electron chi connectivity index (χ3n) is 4.17. The molecule has 0 radical (unpaired) electrons. The minimum absolute atomic E-state index is 0.00890. The van der Waals surface area contributed by atoms with Crippen LogP contribution in [-0.4, -0.2) is 44.9 Å². The van der Waals surface area contributed by atoms with Crippen LogP contribution in [0.3, 0.4) is 0 Å². The molecule has 2 rings (SSSR count). The highest BCUT2D eigenvalue weighted by Crippen LogP contribution is 2.23. The quantitative estimate of drug-likeness (QED) is 0.802. The number of nitrogens with one attached hydrogen (secondary N) is 2. The topological polar surface area (TPSA) is 59.6 Å². The van der Waals surface area contributed by atoms with Gasteiger partial charge in [-0.05, 0) is 50.9 Å². The van der Waals surface area contributed by atoms with Gasteiger partial charge in [-0.2, -0.15) is 0 Å². The van der Waals surface area contributed by atoms with Crippen molar-refractivity contribution in [3.63, 3.8) is 0 Å². The zero-order valence-electron chi connectivity index (χ0n) is 13.5. The summed E-state index contributed by atoms with van der Waals surface area (Å²) in [5, 5.41) is 6.27. The molecule has 0 aliphatic carbocycles. The van der Waals surface area contributed by atoms with E-state index >= 15 is 0 Å². The maximum atomic E-state index is 12.5. The molecule has 0 spiro atoms. The third-order valence-corrected chi connectivity index (χ3v) is 4.17. The molecule has 1 heterocycles. The van der Waals surface area contributed by atoms with Crippen molar-refractivity contribution in [3.8, 4) is 5.75 Å². The molecule has 1 amide bonds. The lowest BCUT2D eigenvalue weighted by atomic mass is 9.91. The van der Waals surface area contributed by atoms with Crippen molar-refractivity contribution in [2.45, 2.75) is 31.8 Å². The Balaban J connectivity index is 1.89. The predicted molar refractivity (Wildman–Crippen MR) is 86.2 cm³/mol. The fraction of sp³-hybridized carbons (Fsp3) is 0.588. The van der Waals surface area contributed by atoms with Gasteiger partial charge in [0.15, 0.2) is 0 Å². The highest BCUT2D eigenvalue weighted by Gasteiger charge is 2.39. The summed E-state index contributed by atoms with van der Waals surface area (Å²) in [4.78, 5) is 12.5. The molecule has 0 unspecified atom stereocenters. The van der Waals surface area contributed by atoms with Crippen molar-refractivity contribution in [1.29, 1.82) is 0 Å². The summed E-state index contributed by atoms with van der Waals surface area (Å²) in [5.74, 6) is 0.882. The van der Waals surface area contributed by atoms with E-state index in [0.717, 1.165) is 30.8 Å². The number of hydrogen-bond donors (Lipinski definition) is 2. The van der Waals surface area contributed by atoms with E-state index in [-0.39, 0.29) is 5.91 Å². The van der Waals surface area contributed by atoms with Crippen LogP contribution < -0.4 is 15.4 Å². The Morgan fingerprint density at radius 1 is 1.32 bits per heavy atom. The number of ether oxygens (including phenoxy) is 2. The number of hydrogen-bond acceptors (Lipinski definition) is 4. The molecule has 2 N–H and O–H groups in total. The Morgan fingerprint density at radius 2 is 2.05 bits per heavy atom. The lowest BCUT2D eigenvalue weighted by Gasteiger charge is -2.34. The Bertz CT molecular complexity index is 485. The molecular weight excluding hydrogens is 280 g/mol. The molecule has 1 aromatic carbocycles. The van der Waals surface area contributed by atoms with E-state index in [9.17, 15) is 4.79 Å². The molecule has 1 aliphatic rings. The molecule has 1 aliphatic heterocycles. The molecule has 1 fully saturated rings. The second kappa shape index (κ2) is 8.15. The van der Waals surface area contributed by atoms with Gasteiger partial charge < -0.3 is 20.1 Å². The molecule has 5 heteroatoms. The lowest BCUT2D eigenvalue weighted by molar-refractivity contribution is -0.146. The van der Waals surface area contributed by atoms with E-state index in [1.165, 1.54) is 0 Å². The first kappa shape index (κ1) is 16.8. The Hall–Kier alpha value is -1.59. The molecule has 0 aromatic heterocycles. The van der Waals surface area contributed by atoms with Gasteiger partial charge in [-0.25, -0.2) is 0 Å². The van der Waals surface area contributed by atoms with Gasteiger partial charge in [-0.3, -0.25) is 4.79 Å². The van der Waals surface area contributed by atoms with Crippen LogP contribution in [0.25, 0.3) is 0 Å². The highest BCUT2D eigenvalue weighted by molar-refractivity contribution is 5.85. The molecule has 122 valence electrons. The van der Waals surface area contributed by atoms with Crippen LogP contribution in [0, 0.1) is 0 Å². The van der Waals surface area contributed by atoms with Crippen LogP contribution in [0.15, 0.2) is 24.3 Å². The monoisotopic (exact) mass is 306 g/mol. The highest BCUT2D eigenvalue weighted by atomic mass is 16.5. The molecule has 0 saturated carbocycles. The number of amides is 1. The van der Waals surface area contributed by atoms with Crippen LogP contribution in [0.5, 0.6) is 5.75 Å². The van der Waals surface area contributed by atoms with Crippen molar-refractivity contribution in [2.75, 3.05) is 33.4 Å². The second-order valence-electron chi connectivity index (χ2n) is 5.50. The van der Waals surface area contributed by atoms with Gasteiger partial charge in [0.1, 0.15) is 11.4 Å². The van der Waals surface area contributed by atoms with Gasteiger partial charge in [0.2, 0.25) is 0 Å². The van der Waals surface area contributed by atoms with E-state index < -0.39 is 5.60 Å². The largest absolute Gasteiger partial charge is 0.494 e. The van der Waals surface area contributed by atoms with Crippen molar-refractivity contribution >= 4 is 5.91 Å². The molecule has 22 heavy (non-hydrogen) atoms. The van der Waals surface area contributed by atoms with Crippen molar-refractivity contribution in [3.05, 3.63) is 29.8 Å². The number of para-hydroxylation sites is 1. The molecule has 5 nitrogen and oxygen atoms in total. The van der Waals surface area contributed by atoms with Crippen molar-refractivity contribution < 1.29 is 14.3 Å². The number of methoxy groups -OCH3 is 1. The zero-order valence-corrected chi connectivity index (χ0v) is 13.5. The van der Waals surface area contributed by atoms with Gasteiger partial charge in [-0.15, -0.1) is 0 Å². The van der Waals surface area contributed by atoms with Crippen LogP contribution in [-0.2, 0) is 16.0 Å². The summed E-state index contributed by atoms with van der Waals surface area (Å²) in [6.07, 6.45) is 2.18. The Kier molecular flexibility index (Phi) is 6.21. The summed E-state index contributed by atoms with van der Waals surface area (Å²) in [7, 11) is 1.62. The van der Waals surface area contributed by atoms with E-state index in [4.69, 9.17) is 9.47 Å². The molecule has 1 saturated heterocycles. The summed E-state index contributed by atoms with van der Waals surface area (Å²) >= 11 is 0. The number of piperidine rings is 1. The lowest BCUT2D eigenvalue weighted by Crippen LogP contribution is -2.54. The first-order valence-electron chi connectivity index (χ1n) is 7.97. The number of carbonyl (C=O) groups excluding carboxylic acids is 1. The molecule has 0 bridgehead atoms. The van der Waals surface area contributed by atoms with Gasteiger partial charge >= 0.3 is 0 Å². The van der Waals surface area contributed by atoms with E-state index in [1.54, 1.807) is 7.11 Å². The number of rotatable bonds is 7. The standard InChI is InChI=1S/C17H26N2O3/c1-3-22-15-7-5-4-6-14(15)8-11-19-16(20)17(21-2)9-12-18-13-10-17/h4-7,18H,3,8-13H2,1-2H3,(H,19,20). The molecule has 1 aromatic rings. The van der Waals surface area contributed by atoms with E-state index in [2.05, 4.69) is 10.6 Å². The fourth-order valence-electron chi connectivity index (χ4n) is 2.83. The van der Waals surface area contributed by atoms with E-state index in [0.29, 0.717) is 26.0 Å². The van der Waals surface area contributed by atoms with Crippen LogP contribution in [0.4, 0.5) is 0 Å². The van der Waals surface area contributed by atoms with Crippen LogP contribution >= 0.6 is 0 Å². The zero-order chi connectivity index (χ0) is 15.8. The van der Waals surface area contributed by atoms with Gasteiger partial charge in [0.25, 0.3) is 5.91 Å². The van der Waals surface area contributed by atoms with E-state index in [1.807, 2.05) is 31.2 Å². The maximum Gasteiger partial charge on any atom is 0.252 e. The summed E-state index contributed by atoms with van der Waals surface area (Å²) in [6, 6.07) is 7.95. The normalized spacial score (nSPS) is 17.0.